The Hall–Kier alpha value is -3.56. The number of unbranched alkanes of at least 4 members (excludes halogenated alkanes) is 1. The number of amides is 4. The van der Waals surface area contributed by atoms with Crippen LogP contribution < -0.4 is 33.2 Å². The standard InChI is InChI=1S/C19H32N8O7/c20-4-2-1-3-11(21)16(30)25-13(6-15(22)29)18(32)26-12(5-10-7-23-9-24-10)17(31)27-14(8-28)19(33)34/h7,9,11-14,28H,1-6,8,20-21H2,(H2,22,29)(H,23,24)(H,25,30)(H,26,32)(H,27,31)(H,33,34). The second-order valence-corrected chi connectivity index (χ2v) is 7.55. The van der Waals surface area contributed by atoms with E-state index < -0.39 is 66.8 Å². The van der Waals surface area contributed by atoms with Gasteiger partial charge in [0.25, 0.3) is 0 Å². The van der Waals surface area contributed by atoms with Crippen molar-refractivity contribution in [1.82, 2.24) is 25.9 Å². The Balaban J connectivity index is 2.97. The Morgan fingerprint density at radius 2 is 1.62 bits per heavy atom. The molecule has 1 aromatic rings. The molecule has 0 radical (unpaired) electrons. The Morgan fingerprint density at radius 1 is 1.00 bits per heavy atom. The van der Waals surface area contributed by atoms with Crippen molar-refractivity contribution < 1.29 is 34.2 Å². The second kappa shape index (κ2) is 14.6. The van der Waals surface area contributed by atoms with Crippen LogP contribution >= 0.6 is 0 Å². The molecule has 0 aliphatic rings. The maximum absolute atomic E-state index is 12.9. The van der Waals surface area contributed by atoms with Crippen LogP contribution in [0.25, 0.3) is 0 Å². The van der Waals surface area contributed by atoms with E-state index in [2.05, 4.69) is 25.9 Å². The number of aromatic amines is 1. The molecule has 15 heteroatoms. The molecule has 15 nitrogen and oxygen atoms in total. The van der Waals surface area contributed by atoms with Crippen molar-refractivity contribution in [2.75, 3.05) is 13.2 Å². The number of nitrogens with one attached hydrogen (secondary N) is 4. The monoisotopic (exact) mass is 484 g/mol. The molecule has 4 amide bonds. The number of hydrogen-bond donors (Lipinski definition) is 9. The molecule has 1 heterocycles. The summed E-state index contributed by atoms with van der Waals surface area (Å²) < 4.78 is 0. The SMILES string of the molecule is NCCCCC(N)C(=O)NC(CC(N)=O)C(=O)NC(Cc1cnc[nH]1)C(=O)NC(CO)C(=O)O. The molecule has 190 valence electrons. The smallest absolute Gasteiger partial charge is 0.328 e. The molecule has 34 heavy (non-hydrogen) atoms. The second-order valence-electron chi connectivity index (χ2n) is 7.55. The molecule has 0 fully saturated rings. The molecule has 4 atom stereocenters. The lowest BCUT2D eigenvalue weighted by Gasteiger charge is -2.24. The Kier molecular flexibility index (Phi) is 12.2. The van der Waals surface area contributed by atoms with Gasteiger partial charge < -0.3 is 48.3 Å². The largest absolute Gasteiger partial charge is 0.480 e. The van der Waals surface area contributed by atoms with Gasteiger partial charge in [-0.2, -0.15) is 0 Å². The highest BCUT2D eigenvalue weighted by molar-refractivity contribution is 5.96. The molecule has 0 aliphatic heterocycles. The predicted molar refractivity (Wildman–Crippen MR) is 117 cm³/mol. The van der Waals surface area contributed by atoms with Crippen LogP contribution in [0.1, 0.15) is 31.4 Å². The van der Waals surface area contributed by atoms with Gasteiger partial charge in [-0.05, 0) is 19.4 Å². The average molecular weight is 485 g/mol. The molecular weight excluding hydrogens is 452 g/mol. The van der Waals surface area contributed by atoms with E-state index in [1.165, 1.54) is 12.5 Å². The summed E-state index contributed by atoms with van der Waals surface area (Å²) in [5, 5.41) is 25.1. The van der Waals surface area contributed by atoms with E-state index in [1.54, 1.807) is 0 Å². The maximum Gasteiger partial charge on any atom is 0.328 e. The number of carbonyl (C=O) groups excluding carboxylic acids is 4. The number of H-pyrrole nitrogens is 1. The van der Waals surface area contributed by atoms with E-state index in [9.17, 15) is 24.0 Å². The molecule has 1 aromatic heterocycles. The Bertz CT molecular complexity index is 833. The van der Waals surface area contributed by atoms with E-state index in [0.717, 1.165) is 0 Å². The highest BCUT2D eigenvalue weighted by Gasteiger charge is 2.31. The normalized spacial score (nSPS) is 14.3. The first-order valence-electron chi connectivity index (χ1n) is 10.5. The van der Waals surface area contributed by atoms with Crippen molar-refractivity contribution in [3.63, 3.8) is 0 Å². The van der Waals surface area contributed by atoms with Crippen LogP contribution in [0.15, 0.2) is 12.5 Å². The number of hydrogen-bond acceptors (Lipinski definition) is 9. The van der Waals surface area contributed by atoms with Crippen LogP contribution in [0, 0.1) is 0 Å². The van der Waals surface area contributed by atoms with Crippen molar-refractivity contribution in [2.45, 2.75) is 56.3 Å². The summed E-state index contributed by atoms with van der Waals surface area (Å²) in [5.41, 5.74) is 16.9. The molecular formula is C19H32N8O7. The summed E-state index contributed by atoms with van der Waals surface area (Å²) in [6.45, 7) is -0.450. The first kappa shape index (κ1) is 28.5. The van der Waals surface area contributed by atoms with E-state index >= 15 is 0 Å². The van der Waals surface area contributed by atoms with Crippen LogP contribution in [0.4, 0.5) is 0 Å². The fourth-order valence-corrected chi connectivity index (χ4v) is 2.88. The Morgan fingerprint density at radius 3 is 2.15 bits per heavy atom. The molecule has 0 saturated carbocycles. The van der Waals surface area contributed by atoms with E-state index in [4.69, 9.17) is 27.4 Å². The number of carbonyl (C=O) groups is 5. The van der Waals surface area contributed by atoms with E-state index in [1.807, 2.05) is 0 Å². The number of nitrogens with zero attached hydrogens (tertiary/aromatic N) is 1. The van der Waals surface area contributed by atoms with Crippen molar-refractivity contribution >= 4 is 29.6 Å². The molecule has 0 aromatic carbocycles. The zero-order chi connectivity index (χ0) is 25.7. The van der Waals surface area contributed by atoms with Crippen molar-refractivity contribution in [1.29, 1.82) is 0 Å². The van der Waals surface area contributed by atoms with Gasteiger partial charge in [-0.1, -0.05) is 6.42 Å². The van der Waals surface area contributed by atoms with Gasteiger partial charge in [0.15, 0.2) is 0 Å². The molecule has 0 aliphatic carbocycles. The molecule has 1 rings (SSSR count). The van der Waals surface area contributed by atoms with Crippen LogP contribution in [0.2, 0.25) is 0 Å². The van der Waals surface area contributed by atoms with Crippen LogP contribution in [-0.2, 0) is 30.4 Å². The minimum Gasteiger partial charge on any atom is -0.480 e. The summed E-state index contributed by atoms with van der Waals surface area (Å²) in [5.74, 6) is -4.91. The topological polar surface area (TPSA) is 269 Å². The van der Waals surface area contributed by atoms with E-state index in [-0.39, 0.29) is 6.42 Å². The fraction of sp³-hybridized carbons (Fsp3) is 0.579. The highest BCUT2D eigenvalue weighted by Crippen LogP contribution is 2.04. The number of imidazole rings is 1. The van der Waals surface area contributed by atoms with Gasteiger partial charge >= 0.3 is 5.97 Å². The summed E-state index contributed by atoms with van der Waals surface area (Å²) in [6.07, 6.45) is 3.56. The summed E-state index contributed by atoms with van der Waals surface area (Å²) in [6, 6.07) is -5.34. The third-order valence-corrected chi connectivity index (χ3v) is 4.75. The fourth-order valence-electron chi connectivity index (χ4n) is 2.88. The van der Waals surface area contributed by atoms with Crippen molar-refractivity contribution in [3.05, 3.63) is 18.2 Å². The summed E-state index contributed by atoms with van der Waals surface area (Å²) in [4.78, 5) is 67.1. The van der Waals surface area contributed by atoms with Gasteiger partial charge in [0.05, 0.1) is 25.4 Å². The third-order valence-electron chi connectivity index (χ3n) is 4.75. The summed E-state index contributed by atoms with van der Waals surface area (Å²) >= 11 is 0. The van der Waals surface area contributed by atoms with Crippen molar-refractivity contribution in [2.24, 2.45) is 17.2 Å². The third kappa shape index (κ3) is 9.93. The molecule has 4 unspecified atom stereocenters. The van der Waals surface area contributed by atoms with Gasteiger partial charge in [-0.3, -0.25) is 19.2 Å². The Labute approximate surface area is 195 Å². The first-order valence-corrected chi connectivity index (χ1v) is 10.5. The molecule has 0 spiro atoms. The number of rotatable bonds is 16. The van der Waals surface area contributed by atoms with Gasteiger partial charge in [0, 0.05) is 18.3 Å². The quantitative estimate of drug-likeness (QED) is 0.102. The minimum absolute atomic E-state index is 0.134. The number of aliphatic carboxylic acids is 1. The van der Waals surface area contributed by atoms with Crippen LogP contribution in [-0.4, -0.2) is 87.1 Å². The average Bonchev–Trinajstić information content (AvgIpc) is 3.28. The predicted octanol–water partition coefficient (Wildman–Crippen LogP) is -4.18. The number of primary amides is 1. The number of aliphatic hydroxyl groups excluding tert-OH is 1. The number of carboxylic acid groups (broad SMARTS) is 1. The highest BCUT2D eigenvalue weighted by atomic mass is 16.4. The van der Waals surface area contributed by atoms with Gasteiger partial charge in [-0.15, -0.1) is 0 Å². The molecule has 0 saturated heterocycles. The number of aromatic nitrogens is 2. The van der Waals surface area contributed by atoms with Crippen LogP contribution in [0.5, 0.6) is 0 Å². The zero-order valence-electron chi connectivity index (χ0n) is 18.5. The maximum atomic E-state index is 12.9. The van der Waals surface area contributed by atoms with Gasteiger partial charge in [0.1, 0.15) is 18.1 Å². The van der Waals surface area contributed by atoms with Crippen LogP contribution in [0.3, 0.4) is 0 Å². The lowest BCUT2D eigenvalue weighted by Crippen LogP contribution is -2.58. The number of aliphatic hydroxyl groups is 1. The number of carboxylic acids is 1. The van der Waals surface area contributed by atoms with Gasteiger partial charge in [0.2, 0.25) is 23.6 Å². The first-order chi connectivity index (χ1) is 16.1. The zero-order valence-corrected chi connectivity index (χ0v) is 18.5. The lowest BCUT2D eigenvalue weighted by atomic mass is 10.1. The summed E-state index contributed by atoms with van der Waals surface area (Å²) in [7, 11) is 0. The molecule has 0 bridgehead atoms. The minimum atomic E-state index is -1.61. The molecule has 12 N–H and O–H groups in total. The number of nitrogens with two attached hydrogens (primary N) is 3. The lowest BCUT2D eigenvalue weighted by molar-refractivity contribution is -0.143. The van der Waals surface area contributed by atoms with E-state index in [0.29, 0.717) is 31.5 Å². The van der Waals surface area contributed by atoms with Crippen molar-refractivity contribution in [3.8, 4) is 0 Å². The van der Waals surface area contributed by atoms with Gasteiger partial charge in [-0.25, -0.2) is 9.78 Å².